The monoisotopic (exact) mass is 222 g/mol. The average Bonchev–Trinajstić information content (AvgIpc) is 2.30. The molecule has 1 aromatic rings. The van der Waals surface area contributed by atoms with E-state index in [2.05, 4.69) is 33.9 Å². The number of aromatic nitrogens is 1. The summed E-state index contributed by atoms with van der Waals surface area (Å²) in [4.78, 5) is 4.37. The van der Waals surface area contributed by atoms with E-state index in [1.165, 1.54) is 31.5 Å². The van der Waals surface area contributed by atoms with Crippen LogP contribution in [0.1, 0.15) is 30.0 Å². The third kappa shape index (κ3) is 2.73. The molecule has 0 bridgehead atoms. The highest BCUT2D eigenvalue weighted by atomic mass is 32.2. The molecule has 15 heavy (non-hydrogen) atoms. The van der Waals surface area contributed by atoms with Gasteiger partial charge in [0.05, 0.1) is 0 Å². The summed E-state index contributed by atoms with van der Waals surface area (Å²) in [6, 6.07) is 4.36. The molecule has 0 N–H and O–H groups in total. The number of hydrogen-bond acceptors (Lipinski definition) is 3. The van der Waals surface area contributed by atoms with Crippen LogP contribution in [0.15, 0.2) is 18.3 Å². The minimum Gasteiger partial charge on any atom is -0.261 e. The van der Waals surface area contributed by atoms with E-state index in [-0.39, 0.29) is 0 Å². The normalized spacial score (nSPS) is 19.3. The first-order valence-corrected chi connectivity index (χ1v) is 6.69. The van der Waals surface area contributed by atoms with Crippen LogP contribution in [0, 0.1) is 6.92 Å². The number of rotatable bonds is 2. The second kappa shape index (κ2) is 4.99. The van der Waals surface area contributed by atoms with E-state index in [4.69, 9.17) is 0 Å². The summed E-state index contributed by atoms with van der Waals surface area (Å²) in [5.74, 6) is 0.724. The highest BCUT2D eigenvalue weighted by Gasteiger charge is 2.19. The van der Waals surface area contributed by atoms with Gasteiger partial charge in [-0.25, -0.2) is 0 Å². The molecule has 2 nitrogen and oxygen atoms in total. The first kappa shape index (κ1) is 11.0. The van der Waals surface area contributed by atoms with Crippen molar-refractivity contribution in [3.05, 3.63) is 29.6 Å². The van der Waals surface area contributed by atoms with Crippen LogP contribution in [0.25, 0.3) is 0 Å². The number of pyridine rings is 1. The van der Waals surface area contributed by atoms with Crippen molar-refractivity contribution in [3.63, 3.8) is 0 Å². The van der Waals surface area contributed by atoms with Crippen LogP contribution >= 0.6 is 11.9 Å². The Balaban J connectivity index is 1.98. The van der Waals surface area contributed by atoms with Crippen molar-refractivity contribution in [2.24, 2.45) is 0 Å². The Morgan fingerprint density at radius 2 is 2.07 bits per heavy atom. The Bertz CT molecular complexity index is 302. The van der Waals surface area contributed by atoms with E-state index in [0.29, 0.717) is 0 Å². The van der Waals surface area contributed by atoms with Gasteiger partial charge in [-0.1, -0.05) is 18.0 Å². The molecule has 2 rings (SSSR count). The Kier molecular flexibility index (Phi) is 3.65. The third-order valence-corrected chi connectivity index (χ3v) is 4.00. The molecule has 0 radical (unpaired) electrons. The van der Waals surface area contributed by atoms with Gasteiger partial charge in [0.2, 0.25) is 0 Å². The van der Waals surface area contributed by atoms with Gasteiger partial charge >= 0.3 is 0 Å². The molecule has 0 spiro atoms. The van der Waals surface area contributed by atoms with Crippen LogP contribution in [0.4, 0.5) is 0 Å². The van der Waals surface area contributed by atoms with Gasteiger partial charge < -0.3 is 0 Å². The zero-order valence-electron chi connectivity index (χ0n) is 9.44. The molecule has 0 unspecified atom stereocenters. The lowest BCUT2D eigenvalue weighted by Gasteiger charge is -2.30. The molecule has 1 fully saturated rings. The van der Waals surface area contributed by atoms with E-state index in [1.54, 1.807) is 0 Å². The van der Waals surface area contributed by atoms with Crippen molar-refractivity contribution in [3.8, 4) is 0 Å². The third-order valence-electron chi connectivity index (χ3n) is 3.12. The van der Waals surface area contributed by atoms with Crippen LogP contribution in [0.3, 0.4) is 0 Å². The number of piperidine rings is 1. The maximum absolute atomic E-state index is 4.37. The fraction of sp³-hybridized carbons (Fsp3) is 0.583. The van der Waals surface area contributed by atoms with E-state index < -0.39 is 0 Å². The molecule has 0 aromatic carbocycles. The van der Waals surface area contributed by atoms with Crippen molar-refractivity contribution in [1.29, 1.82) is 0 Å². The molecule has 3 heteroatoms. The Hall–Kier alpha value is -0.540. The predicted molar refractivity (Wildman–Crippen MR) is 66.0 cm³/mol. The first-order chi connectivity index (χ1) is 7.29. The zero-order chi connectivity index (χ0) is 10.7. The summed E-state index contributed by atoms with van der Waals surface area (Å²) in [5.41, 5.74) is 2.53. The summed E-state index contributed by atoms with van der Waals surface area (Å²) in [5, 5.41) is 0. The Morgan fingerprint density at radius 1 is 1.33 bits per heavy atom. The number of hydrogen-bond donors (Lipinski definition) is 0. The van der Waals surface area contributed by atoms with Gasteiger partial charge in [0, 0.05) is 25.0 Å². The topological polar surface area (TPSA) is 16.1 Å². The second-order valence-electron chi connectivity index (χ2n) is 4.12. The van der Waals surface area contributed by atoms with Gasteiger partial charge in [-0.3, -0.25) is 9.29 Å². The molecular formula is C12H18N2S. The van der Waals surface area contributed by atoms with Crippen LogP contribution in [0.2, 0.25) is 0 Å². The molecule has 0 amide bonds. The molecule has 0 aliphatic carbocycles. The van der Waals surface area contributed by atoms with Crippen molar-refractivity contribution < 1.29 is 0 Å². The lowest BCUT2D eigenvalue weighted by Crippen LogP contribution is -2.27. The van der Waals surface area contributed by atoms with E-state index in [0.717, 1.165) is 11.6 Å². The maximum atomic E-state index is 4.37. The predicted octanol–water partition coefficient (Wildman–Crippen LogP) is 2.85. The van der Waals surface area contributed by atoms with Crippen LogP contribution < -0.4 is 0 Å². The lowest BCUT2D eigenvalue weighted by molar-refractivity contribution is 0.346. The maximum Gasteiger partial charge on any atom is 0.0372 e. The summed E-state index contributed by atoms with van der Waals surface area (Å²) >= 11 is 1.86. The van der Waals surface area contributed by atoms with Crippen molar-refractivity contribution in [2.45, 2.75) is 25.7 Å². The molecule has 1 saturated heterocycles. The van der Waals surface area contributed by atoms with Gasteiger partial charge in [0.1, 0.15) is 0 Å². The van der Waals surface area contributed by atoms with Crippen molar-refractivity contribution in [1.82, 2.24) is 9.29 Å². The summed E-state index contributed by atoms with van der Waals surface area (Å²) < 4.78 is 2.44. The molecule has 1 aliphatic rings. The second-order valence-corrected chi connectivity index (χ2v) is 5.00. The fourth-order valence-corrected chi connectivity index (χ4v) is 2.67. The van der Waals surface area contributed by atoms with Gasteiger partial charge in [-0.15, -0.1) is 0 Å². The Morgan fingerprint density at radius 3 is 2.60 bits per heavy atom. The standard InChI is InChI=1S/C12H18N2S/c1-10-3-4-12(9-13-10)11-5-7-14(15-2)8-6-11/h3-4,9,11H,5-8H2,1-2H3. The van der Waals surface area contributed by atoms with Gasteiger partial charge in [-0.2, -0.15) is 0 Å². The zero-order valence-corrected chi connectivity index (χ0v) is 10.3. The van der Waals surface area contributed by atoms with Crippen LogP contribution in [-0.2, 0) is 0 Å². The average molecular weight is 222 g/mol. The molecule has 0 atom stereocenters. The van der Waals surface area contributed by atoms with E-state index in [9.17, 15) is 0 Å². The summed E-state index contributed by atoms with van der Waals surface area (Å²) in [6.07, 6.45) is 6.75. The number of aryl methyl sites for hydroxylation is 1. The molecule has 1 aliphatic heterocycles. The molecule has 0 saturated carbocycles. The SMILES string of the molecule is CSN1CCC(c2ccc(C)nc2)CC1. The number of nitrogens with zero attached hydrogens (tertiary/aromatic N) is 2. The highest BCUT2D eigenvalue weighted by Crippen LogP contribution is 2.29. The first-order valence-electron chi connectivity index (χ1n) is 5.51. The largest absolute Gasteiger partial charge is 0.261 e. The molecular weight excluding hydrogens is 204 g/mol. The minimum atomic E-state index is 0.724. The quantitative estimate of drug-likeness (QED) is 0.716. The van der Waals surface area contributed by atoms with Gasteiger partial charge in [0.15, 0.2) is 0 Å². The minimum absolute atomic E-state index is 0.724. The molecule has 1 aromatic heterocycles. The summed E-state index contributed by atoms with van der Waals surface area (Å²) in [7, 11) is 0. The molecule has 82 valence electrons. The van der Waals surface area contributed by atoms with Gasteiger partial charge in [-0.05, 0) is 43.6 Å². The molecule has 2 heterocycles. The summed E-state index contributed by atoms with van der Waals surface area (Å²) in [6.45, 7) is 4.46. The van der Waals surface area contributed by atoms with Crippen molar-refractivity contribution in [2.75, 3.05) is 19.3 Å². The highest BCUT2D eigenvalue weighted by molar-refractivity contribution is 7.96. The van der Waals surface area contributed by atoms with Crippen LogP contribution in [0.5, 0.6) is 0 Å². The Labute approximate surface area is 96.2 Å². The van der Waals surface area contributed by atoms with E-state index >= 15 is 0 Å². The van der Waals surface area contributed by atoms with E-state index in [1.807, 2.05) is 18.9 Å². The van der Waals surface area contributed by atoms with Gasteiger partial charge in [0.25, 0.3) is 0 Å². The van der Waals surface area contributed by atoms with Crippen LogP contribution in [-0.4, -0.2) is 28.6 Å². The lowest BCUT2D eigenvalue weighted by atomic mass is 9.91. The van der Waals surface area contributed by atoms with Crippen molar-refractivity contribution >= 4 is 11.9 Å². The fourth-order valence-electron chi connectivity index (χ4n) is 2.09. The smallest absolute Gasteiger partial charge is 0.0372 e.